The Kier molecular flexibility index (Phi) is 6.76. The lowest BCUT2D eigenvalue weighted by Gasteiger charge is -2.31. The average molecular weight is 466 g/mol. The van der Waals surface area contributed by atoms with Gasteiger partial charge < -0.3 is 9.84 Å². The minimum atomic E-state index is -3.88. The smallest absolute Gasteiger partial charge is 0.248 e. The second-order valence-electron chi connectivity index (χ2n) is 8.26. The average Bonchev–Trinajstić information content (AvgIpc) is 3.21. The summed E-state index contributed by atoms with van der Waals surface area (Å²) < 4.78 is 33.8. The van der Waals surface area contributed by atoms with Crippen LogP contribution in [0, 0.1) is 19.8 Å². The van der Waals surface area contributed by atoms with Crippen LogP contribution in [0.1, 0.15) is 35.4 Å². The van der Waals surface area contributed by atoms with Crippen LogP contribution in [0.4, 0.5) is 5.69 Å². The third-order valence-corrected chi connectivity index (χ3v) is 7.76. The van der Waals surface area contributed by atoms with E-state index in [0.717, 1.165) is 11.1 Å². The van der Waals surface area contributed by atoms with Crippen LogP contribution in [0.3, 0.4) is 0 Å². The summed E-state index contributed by atoms with van der Waals surface area (Å²) in [6, 6.07) is 17.1. The molecule has 2 aromatic carbocycles. The number of piperidine rings is 1. The van der Waals surface area contributed by atoms with E-state index in [2.05, 4.69) is 10.5 Å². The summed E-state index contributed by atoms with van der Waals surface area (Å²) in [6.07, 6.45) is 4.64. The topological polar surface area (TPSA) is 92.5 Å². The second-order valence-corrected chi connectivity index (χ2v) is 10.1. The van der Waals surface area contributed by atoms with E-state index in [-0.39, 0.29) is 23.1 Å². The summed E-state index contributed by atoms with van der Waals surface area (Å²) in [5.41, 5.74) is 3.02. The predicted octanol–water partition coefficient (Wildman–Crippen LogP) is 4.50. The highest BCUT2D eigenvalue weighted by atomic mass is 32.2. The largest absolute Gasteiger partial charge is 0.355 e. The van der Waals surface area contributed by atoms with E-state index in [9.17, 15) is 13.2 Å². The number of hydrogen-bond acceptors (Lipinski definition) is 5. The van der Waals surface area contributed by atoms with E-state index < -0.39 is 15.9 Å². The van der Waals surface area contributed by atoms with Gasteiger partial charge in [-0.2, -0.15) is 4.31 Å². The van der Waals surface area contributed by atoms with Crippen molar-refractivity contribution >= 4 is 33.8 Å². The molecule has 3 aromatic rings. The highest BCUT2D eigenvalue weighted by Crippen LogP contribution is 2.29. The molecule has 1 aliphatic rings. The van der Waals surface area contributed by atoms with Crippen LogP contribution >= 0.6 is 0 Å². The molecule has 0 spiro atoms. The predicted molar refractivity (Wildman–Crippen MR) is 128 cm³/mol. The van der Waals surface area contributed by atoms with Crippen LogP contribution in [0.5, 0.6) is 0 Å². The fraction of sp³-hybridized carbons (Fsp3) is 0.280. The van der Waals surface area contributed by atoms with Crippen LogP contribution in [0.25, 0.3) is 12.2 Å². The summed E-state index contributed by atoms with van der Waals surface area (Å²) in [4.78, 5) is 12.9. The fourth-order valence-corrected chi connectivity index (χ4v) is 5.69. The molecule has 172 valence electrons. The Labute approximate surface area is 194 Å². The van der Waals surface area contributed by atoms with Gasteiger partial charge in [-0.15, -0.1) is 0 Å². The second kappa shape index (κ2) is 9.72. The summed E-state index contributed by atoms with van der Waals surface area (Å²) in [5.74, 6) is -0.425. The van der Waals surface area contributed by atoms with E-state index in [1.54, 1.807) is 19.1 Å². The van der Waals surface area contributed by atoms with Gasteiger partial charge in [-0.25, -0.2) is 8.42 Å². The highest BCUT2D eigenvalue weighted by Gasteiger charge is 2.36. The molecule has 1 aliphatic heterocycles. The zero-order valence-corrected chi connectivity index (χ0v) is 19.5. The van der Waals surface area contributed by atoms with Gasteiger partial charge in [-0.1, -0.05) is 59.3 Å². The van der Waals surface area contributed by atoms with E-state index in [1.165, 1.54) is 4.31 Å². The minimum absolute atomic E-state index is 0.0503. The molecule has 1 amide bonds. The van der Waals surface area contributed by atoms with Crippen molar-refractivity contribution in [1.82, 2.24) is 9.46 Å². The van der Waals surface area contributed by atoms with Crippen molar-refractivity contribution in [2.75, 3.05) is 18.4 Å². The first-order chi connectivity index (χ1) is 15.8. The zero-order chi connectivity index (χ0) is 23.4. The molecular weight excluding hydrogens is 438 g/mol. The van der Waals surface area contributed by atoms with Crippen molar-refractivity contribution in [3.63, 3.8) is 0 Å². The molecule has 0 saturated carbocycles. The summed E-state index contributed by atoms with van der Waals surface area (Å²) in [6.45, 7) is 4.06. The Balaban J connectivity index is 1.52. The highest BCUT2D eigenvalue weighted by molar-refractivity contribution is 7.89. The number of aryl methyl sites for hydroxylation is 2. The Morgan fingerprint density at radius 3 is 2.55 bits per heavy atom. The van der Waals surface area contributed by atoms with Crippen molar-refractivity contribution < 1.29 is 17.7 Å². The quantitative estimate of drug-likeness (QED) is 0.579. The van der Waals surface area contributed by atoms with Crippen LogP contribution in [0.2, 0.25) is 0 Å². The molecule has 33 heavy (non-hydrogen) atoms. The maximum atomic E-state index is 13.5. The lowest BCUT2D eigenvalue weighted by atomic mass is 9.98. The van der Waals surface area contributed by atoms with Gasteiger partial charge in [-0.05, 0) is 50.5 Å². The van der Waals surface area contributed by atoms with Gasteiger partial charge in [0.15, 0.2) is 10.7 Å². The van der Waals surface area contributed by atoms with Gasteiger partial charge in [0.05, 0.1) is 5.92 Å². The van der Waals surface area contributed by atoms with E-state index in [1.807, 2.05) is 61.5 Å². The fourth-order valence-electron chi connectivity index (χ4n) is 3.92. The Morgan fingerprint density at radius 2 is 1.82 bits per heavy atom. The number of rotatable bonds is 6. The molecule has 4 rings (SSSR count). The maximum absolute atomic E-state index is 13.5. The molecule has 0 radical (unpaired) electrons. The first-order valence-electron chi connectivity index (χ1n) is 10.9. The molecule has 8 heteroatoms. The standard InChI is InChI=1S/C25H27N3O4S/c1-18-10-13-22(14-11-18)26-25(29)21-9-6-16-28(17-21)33(30,31)24-19(2)27-32-23(24)15-12-20-7-4-3-5-8-20/h3-5,7-8,10-15,21H,6,9,16-17H2,1-2H3,(H,26,29). The van der Waals surface area contributed by atoms with Crippen molar-refractivity contribution in [2.24, 2.45) is 5.92 Å². The molecule has 1 aromatic heterocycles. The van der Waals surface area contributed by atoms with Crippen LogP contribution in [-0.4, -0.2) is 36.9 Å². The van der Waals surface area contributed by atoms with Crippen LogP contribution in [0.15, 0.2) is 64.0 Å². The molecule has 0 bridgehead atoms. The number of sulfonamides is 1. The van der Waals surface area contributed by atoms with E-state index >= 15 is 0 Å². The number of amides is 1. The van der Waals surface area contributed by atoms with Gasteiger partial charge in [0.1, 0.15) is 5.69 Å². The van der Waals surface area contributed by atoms with Gasteiger partial charge in [-0.3, -0.25) is 4.79 Å². The number of hydrogen-bond donors (Lipinski definition) is 1. The van der Waals surface area contributed by atoms with Gasteiger partial charge in [0.2, 0.25) is 15.9 Å². The lowest BCUT2D eigenvalue weighted by Crippen LogP contribution is -2.43. The lowest BCUT2D eigenvalue weighted by molar-refractivity contribution is -0.120. The number of aromatic nitrogens is 1. The SMILES string of the molecule is Cc1ccc(NC(=O)C2CCCN(S(=O)(=O)c3c(C)noc3C=Cc3ccccc3)C2)cc1. The molecule has 1 N–H and O–H groups in total. The van der Waals surface area contributed by atoms with Gasteiger partial charge in [0.25, 0.3) is 0 Å². The number of nitrogens with zero attached hydrogens (tertiary/aromatic N) is 2. The molecule has 7 nitrogen and oxygen atoms in total. The van der Waals surface area contributed by atoms with E-state index in [0.29, 0.717) is 30.8 Å². The van der Waals surface area contributed by atoms with Crippen molar-refractivity contribution in [3.8, 4) is 0 Å². The molecular formula is C25H27N3O4S. The number of benzene rings is 2. The van der Waals surface area contributed by atoms with Crippen molar-refractivity contribution in [2.45, 2.75) is 31.6 Å². The Hall–Kier alpha value is -3.23. The Morgan fingerprint density at radius 1 is 1.09 bits per heavy atom. The Bertz CT molecular complexity index is 1250. The monoisotopic (exact) mass is 465 g/mol. The van der Waals surface area contributed by atoms with Gasteiger partial charge >= 0.3 is 0 Å². The first kappa shape index (κ1) is 22.9. The molecule has 2 heterocycles. The molecule has 1 saturated heterocycles. The molecule has 1 unspecified atom stereocenters. The third-order valence-electron chi connectivity index (χ3n) is 5.73. The normalized spacial score (nSPS) is 17.3. The first-order valence-corrected chi connectivity index (χ1v) is 12.4. The number of carbonyl (C=O) groups is 1. The maximum Gasteiger partial charge on any atom is 0.248 e. The molecule has 1 atom stereocenters. The number of carbonyl (C=O) groups excluding carboxylic acids is 1. The number of nitrogens with one attached hydrogen (secondary N) is 1. The van der Waals surface area contributed by atoms with Crippen LogP contribution in [-0.2, 0) is 14.8 Å². The third kappa shape index (κ3) is 5.23. The van der Waals surface area contributed by atoms with Gasteiger partial charge in [0, 0.05) is 18.8 Å². The summed E-state index contributed by atoms with van der Waals surface area (Å²) in [5, 5.41) is 6.80. The van der Waals surface area contributed by atoms with Crippen molar-refractivity contribution in [1.29, 1.82) is 0 Å². The van der Waals surface area contributed by atoms with Crippen LogP contribution < -0.4 is 5.32 Å². The summed E-state index contributed by atoms with van der Waals surface area (Å²) >= 11 is 0. The van der Waals surface area contributed by atoms with E-state index in [4.69, 9.17) is 4.52 Å². The van der Waals surface area contributed by atoms with Crippen molar-refractivity contribution in [3.05, 3.63) is 77.2 Å². The molecule has 1 fully saturated rings. The summed E-state index contributed by atoms with van der Waals surface area (Å²) in [7, 11) is -3.88. The zero-order valence-electron chi connectivity index (χ0n) is 18.7. The minimum Gasteiger partial charge on any atom is -0.355 e. The molecule has 0 aliphatic carbocycles. The number of anilines is 1.